The van der Waals surface area contributed by atoms with Crippen LogP contribution < -0.4 is 20.7 Å². The lowest BCUT2D eigenvalue weighted by Crippen LogP contribution is -2.53. The standard InChI is InChI=1S/C29H27F4N3O6.3H2/c30-17-12-18(31)25(33)26(24(17)32)41-13-21(37)19(10-16-7-8-34-27(16)38)35-28(39)20(9-14-5-6-14)36-29(40)23-11-15-3-1-2-4-22(15)42-23;;;/h1-4,11-12,14,16,19-20H,5-10,13H2,(H,34,38)(H,35,39)(H,36,40);3*1H. The van der Waals surface area contributed by atoms with Crippen LogP contribution in [0.1, 0.15) is 46.9 Å². The first kappa shape index (κ1) is 29.1. The van der Waals surface area contributed by atoms with Crippen molar-refractivity contribution in [2.45, 2.75) is 44.2 Å². The predicted molar refractivity (Wildman–Crippen MR) is 146 cm³/mol. The van der Waals surface area contributed by atoms with Crippen LogP contribution in [0.2, 0.25) is 0 Å². The average Bonchev–Trinajstić information content (AvgIpc) is 3.52. The smallest absolute Gasteiger partial charge is 0.287 e. The van der Waals surface area contributed by atoms with E-state index < -0.39 is 71.2 Å². The number of nitrogens with one attached hydrogen (secondary N) is 3. The quantitative estimate of drug-likeness (QED) is 0.212. The summed E-state index contributed by atoms with van der Waals surface area (Å²) in [6.07, 6.45) is 2.17. The number of Topliss-reactive ketones (excluding diaryl/α,β-unsaturated/α-hetero) is 1. The summed E-state index contributed by atoms with van der Waals surface area (Å²) >= 11 is 0. The van der Waals surface area contributed by atoms with Gasteiger partial charge in [-0.25, -0.2) is 8.78 Å². The molecule has 3 amide bonds. The highest BCUT2D eigenvalue weighted by molar-refractivity contribution is 5.99. The van der Waals surface area contributed by atoms with Gasteiger partial charge in [0.2, 0.25) is 23.4 Å². The second-order valence-electron chi connectivity index (χ2n) is 10.5. The maximum Gasteiger partial charge on any atom is 0.287 e. The number of carbonyl (C=O) groups is 4. The summed E-state index contributed by atoms with van der Waals surface area (Å²) < 4.78 is 65.7. The lowest BCUT2D eigenvalue weighted by Gasteiger charge is -2.24. The van der Waals surface area contributed by atoms with Crippen LogP contribution in [0.5, 0.6) is 5.75 Å². The number of para-hydroxylation sites is 1. The highest BCUT2D eigenvalue weighted by Gasteiger charge is 2.36. The monoisotopic (exact) mass is 595 g/mol. The number of carbonyl (C=O) groups excluding carboxylic acids is 4. The Morgan fingerprint density at radius 1 is 0.976 bits per heavy atom. The van der Waals surface area contributed by atoms with E-state index in [1.807, 2.05) is 0 Å². The molecule has 3 aromatic rings. The van der Waals surface area contributed by atoms with E-state index in [0.717, 1.165) is 12.8 Å². The molecule has 1 aliphatic heterocycles. The topological polar surface area (TPSA) is 127 Å². The first-order valence-electron chi connectivity index (χ1n) is 13.5. The molecule has 0 bridgehead atoms. The summed E-state index contributed by atoms with van der Waals surface area (Å²) in [4.78, 5) is 51.8. The Morgan fingerprint density at radius 3 is 2.33 bits per heavy atom. The SMILES string of the molecule is O=C(NC(CC1CC1)C(=O)NC(CC1CCNC1=O)C(=O)COc1c(F)c(F)cc(F)c1F)c1cc2ccccc2o1.[HH].[HH].[HH]. The molecule has 1 saturated heterocycles. The highest BCUT2D eigenvalue weighted by atomic mass is 19.2. The maximum atomic E-state index is 14.1. The fourth-order valence-electron chi connectivity index (χ4n) is 4.86. The second kappa shape index (κ2) is 12.2. The molecule has 0 spiro atoms. The van der Waals surface area contributed by atoms with Crippen LogP contribution in [0.25, 0.3) is 11.0 Å². The minimum atomic E-state index is -1.82. The Balaban J connectivity index is 0.00000235. The van der Waals surface area contributed by atoms with Gasteiger partial charge in [0.05, 0.1) is 6.04 Å². The molecular formula is C29H33F4N3O6. The number of amides is 3. The molecule has 3 unspecified atom stereocenters. The summed E-state index contributed by atoms with van der Waals surface area (Å²) in [5.74, 6) is -11.6. The Morgan fingerprint density at radius 2 is 1.69 bits per heavy atom. The number of ketones is 1. The molecule has 1 aliphatic carbocycles. The third kappa shape index (κ3) is 6.55. The largest absolute Gasteiger partial charge is 0.479 e. The minimum absolute atomic E-state index is 0. The molecule has 5 rings (SSSR count). The van der Waals surface area contributed by atoms with Crippen LogP contribution >= 0.6 is 0 Å². The molecule has 2 heterocycles. The number of benzene rings is 2. The molecule has 228 valence electrons. The zero-order valence-electron chi connectivity index (χ0n) is 22.2. The van der Waals surface area contributed by atoms with E-state index >= 15 is 0 Å². The van der Waals surface area contributed by atoms with Gasteiger partial charge in [-0.15, -0.1) is 0 Å². The number of ether oxygens (including phenoxy) is 1. The van der Waals surface area contributed by atoms with Crippen molar-refractivity contribution in [2.75, 3.05) is 13.2 Å². The maximum absolute atomic E-state index is 14.1. The average molecular weight is 596 g/mol. The summed E-state index contributed by atoms with van der Waals surface area (Å²) in [6, 6.07) is 6.07. The van der Waals surface area contributed by atoms with E-state index in [0.29, 0.717) is 23.9 Å². The van der Waals surface area contributed by atoms with Gasteiger partial charge in [0.1, 0.15) is 18.2 Å². The van der Waals surface area contributed by atoms with Gasteiger partial charge in [-0.2, -0.15) is 8.78 Å². The Kier molecular flexibility index (Phi) is 8.46. The van der Waals surface area contributed by atoms with E-state index in [1.54, 1.807) is 24.3 Å². The van der Waals surface area contributed by atoms with E-state index in [9.17, 15) is 36.7 Å². The van der Waals surface area contributed by atoms with Gasteiger partial charge >= 0.3 is 0 Å². The van der Waals surface area contributed by atoms with E-state index in [-0.39, 0.29) is 40.8 Å². The van der Waals surface area contributed by atoms with E-state index in [1.165, 1.54) is 6.07 Å². The van der Waals surface area contributed by atoms with Crippen molar-refractivity contribution < 1.29 is 50.2 Å². The van der Waals surface area contributed by atoms with Crippen molar-refractivity contribution in [2.24, 2.45) is 11.8 Å². The van der Waals surface area contributed by atoms with Crippen LogP contribution in [-0.4, -0.2) is 48.7 Å². The van der Waals surface area contributed by atoms with Crippen molar-refractivity contribution in [3.63, 3.8) is 0 Å². The van der Waals surface area contributed by atoms with E-state index in [4.69, 9.17) is 9.15 Å². The van der Waals surface area contributed by atoms with Gasteiger partial charge in [-0.3, -0.25) is 19.2 Å². The van der Waals surface area contributed by atoms with Gasteiger partial charge < -0.3 is 25.1 Å². The first-order valence-corrected chi connectivity index (χ1v) is 13.5. The fourth-order valence-corrected chi connectivity index (χ4v) is 4.86. The van der Waals surface area contributed by atoms with E-state index in [2.05, 4.69) is 16.0 Å². The molecule has 2 fully saturated rings. The lowest BCUT2D eigenvalue weighted by molar-refractivity contribution is -0.131. The Bertz CT molecular complexity index is 1500. The molecule has 1 saturated carbocycles. The van der Waals surface area contributed by atoms with Crippen molar-refractivity contribution in [1.82, 2.24) is 16.0 Å². The van der Waals surface area contributed by atoms with Crippen molar-refractivity contribution in [3.8, 4) is 5.75 Å². The van der Waals surface area contributed by atoms with Crippen molar-refractivity contribution in [3.05, 3.63) is 65.4 Å². The molecule has 0 radical (unpaired) electrons. The number of halogens is 4. The molecule has 13 heteroatoms. The fraction of sp³-hybridized carbons (Fsp3) is 0.379. The molecule has 1 aromatic heterocycles. The van der Waals surface area contributed by atoms with Gasteiger partial charge in [0.15, 0.2) is 28.9 Å². The Hall–Kier alpha value is -4.42. The molecule has 42 heavy (non-hydrogen) atoms. The molecular weight excluding hydrogens is 562 g/mol. The van der Waals surface area contributed by atoms with Crippen molar-refractivity contribution in [1.29, 1.82) is 0 Å². The lowest BCUT2D eigenvalue weighted by atomic mass is 9.95. The minimum Gasteiger partial charge on any atom is -0.479 e. The normalized spacial score (nSPS) is 17.9. The zero-order chi connectivity index (χ0) is 30.0. The second-order valence-corrected chi connectivity index (χ2v) is 10.5. The van der Waals surface area contributed by atoms with Crippen LogP contribution in [0, 0.1) is 35.1 Å². The van der Waals surface area contributed by atoms with Gasteiger partial charge in [-0.1, -0.05) is 31.0 Å². The first-order chi connectivity index (χ1) is 20.1. The summed E-state index contributed by atoms with van der Waals surface area (Å²) in [6.45, 7) is -0.708. The van der Waals surface area contributed by atoms with Gasteiger partial charge in [-0.05, 0) is 37.3 Å². The number of rotatable bonds is 12. The zero-order valence-corrected chi connectivity index (χ0v) is 22.2. The number of furan rings is 1. The van der Waals surface area contributed by atoms with Gasteiger partial charge in [0.25, 0.3) is 5.91 Å². The third-order valence-corrected chi connectivity index (χ3v) is 7.36. The van der Waals surface area contributed by atoms with Gasteiger partial charge in [0, 0.05) is 28.2 Å². The molecule has 2 aromatic carbocycles. The summed E-state index contributed by atoms with van der Waals surface area (Å²) in [7, 11) is 0. The highest BCUT2D eigenvalue weighted by Crippen LogP contribution is 2.34. The summed E-state index contributed by atoms with van der Waals surface area (Å²) in [5, 5.41) is 8.50. The van der Waals surface area contributed by atoms with Crippen LogP contribution in [0.15, 0.2) is 40.8 Å². The number of hydrogen-bond donors (Lipinski definition) is 3. The van der Waals surface area contributed by atoms with Crippen LogP contribution in [-0.2, 0) is 14.4 Å². The molecule has 3 atom stereocenters. The van der Waals surface area contributed by atoms with Crippen LogP contribution in [0.4, 0.5) is 17.6 Å². The number of fused-ring (bicyclic) bond motifs is 1. The number of hydrogen-bond acceptors (Lipinski definition) is 6. The third-order valence-electron chi connectivity index (χ3n) is 7.36. The molecule has 3 N–H and O–H groups in total. The predicted octanol–water partition coefficient (Wildman–Crippen LogP) is 4.28. The van der Waals surface area contributed by atoms with Crippen molar-refractivity contribution >= 4 is 34.5 Å². The molecule has 2 aliphatic rings. The Labute approximate surface area is 241 Å². The van der Waals surface area contributed by atoms with Crippen LogP contribution in [0.3, 0.4) is 0 Å². The summed E-state index contributed by atoms with van der Waals surface area (Å²) in [5.41, 5.74) is 0.484. The molecule has 9 nitrogen and oxygen atoms in total.